The molecule has 3 aromatic rings. The lowest BCUT2D eigenvalue weighted by Crippen LogP contribution is -2.17. The van der Waals surface area contributed by atoms with E-state index in [-0.39, 0.29) is 16.7 Å². The molecule has 0 saturated carbocycles. The first kappa shape index (κ1) is 26.0. The van der Waals surface area contributed by atoms with E-state index in [1.807, 2.05) is 48.6 Å². The maximum absolute atomic E-state index is 14.1. The molecule has 1 aliphatic carbocycles. The molecule has 0 heterocycles. The number of non-ortho nitro benzene ring substituents is 1. The molecule has 7 nitrogen and oxygen atoms in total. The van der Waals surface area contributed by atoms with Crippen LogP contribution >= 0.6 is 0 Å². The van der Waals surface area contributed by atoms with Gasteiger partial charge in [0.15, 0.2) is 0 Å². The van der Waals surface area contributed by atoms with Crippen molar-refractivity contribution in [2.75, 3.05) is 0 Å². The number of nitriles is 2. The Morgan fingerprint density at radius 2 is 1.74 bits per heavy atom. The molecule has 0 bridgehead atoms. The van der Waals surface area contributed by atoms with Crippen LogP contribution in [0.1, 0.15) is 42.6 Å². The predicted octanol–water partition coefficient (Wildman–Crippen LogP) is 7.21. The van der Waals surface area contributed by atoms with Gasteiger partial charge < -0.3 is 4.74 Å². The Bertz CT molecular complexity index is 1640. The minimum Gasteiger partial charge on any atom is -0.423 e. The zero-order valence-corrected chi connectivity index (χ0v) is 20.7. The molecule has 38 heavy (non-hydrogen) atoms. The summed E-state index contributed by atoms with van der Waals surface area (Å²) in [6, 6.07) is 17.3. The van der Waals surface area contributed by atoms with Gasteiger partial charge >= 0.3 is 5.97 Å². The lowest BCUT2D eigenvalue weighted by Gasteiger charge is -2.30. The molecule has 1 aliphatic rings. The smallest absolute Gasteiger partial charge is 0.346 e. The van der Waals surface area contributed by atoms with E-state index in [1.54, 1.807) is 18.2 Å². The molecule has 0 amide bonds. The second-order valence-corrected chi connectivity index (χ2v) is 9.77. The summed E-state index contributed by atoms with van der Waals surface area (Å²) < 4.78 is 19.3. The summed E-state index contributed by atoms with van der Waals surface area (Å²) in [5.74, 6) is -1.76. The fraction of sp³-hybridized carbons (Fsp3) is 0.167. The van der Waals surface area contributed by atoms with E-state index in [0.29, 0.717) is 6.42 Å². The molecular weight excluding hydrogens is 485 g/mol. The number of carbonyl (C=O) groups is 1. The first-order valence-electron chi connectivity index (χ1n) is 11.7. The second-order valence-electron chi connectivity index (χ2n) is 9.77. The minimum absolute atomic E-state index is 0.0759. The van der Waals surface area contributed by atoms with E-state index < -0.39 is 28.0 Å². The Balaban J connectivity index is 1.55. The van der Waals surface area contributed by atoms with Gasteiger partial charge in [0.2, 0.25) is 0 Å². The Morgan fingerprint density at radius 1 is 1.03 bits per heavy atom. The number of ether oxygens (including phenoxy) is 1. The number of nitro groups is 1. The van der Waals surface area contributed by atoms with Crippen molar-refractivity contribution in [3.05, 3.63) is 111 Å². The van der Waals surface area contributed by atoms with Gasteiger partial charge in [-0.1, -0.05) is 50.3 Å². The Hall–Kier alpha value is -5.08. The topological polar surface area (TPSA) is 117 Å². The highest BCUT2D eigenvalue weighted by Crippen LogP contribution is 2.39. The van der Waals surface area contributed by atoms with Gasteiger partial charge in [0.25, 0.3) is 5.69 Å². The molecule has 4 rings (SSSR count). The average molecular weight is 508 g/mol. The fourth-order valence-corrected chi connectivity index (χ4v) is 4.45. The minimum atomic E-state index is -1.03. The number of carbonyl (C=O) groups excluding carboxylic acids is 1. The highest BCUT2D eigenvalue weighted by atomic mass is 19.1. The van der Waals surface area contributed by atoms with Crippen LogP contribution in [0.15, 0.2) is 83.5 Å². The number of nitrogens with zero attached hydrogens (tertiary/aromatic N) is 3. The molecule has 0 spiro atoms. The highest BCUT2D eigenvalue weighted by Gasteiger charge is 2.26. The summed E-state index contributed by atoms with van der Waals surface area (Å²) in [5, 5.41) is 31.1. The molecular formula is C30H22FN3O4. The fourth-order valence-electron chi connectivity index (χ4n) is 4.45. The van der Waals surface area contributed by atoms with Crippen LogP contribution in [-0.4, -0.2) is 10.9 Å². The molecule has 0 aliphatic heterocycles. The van der Waals surface area contributed by atoms with Crippen LogP contribution in [0.2, 0.25) is 0 Å². The summed E-state index contributed by atoms with van der Waals surface area (Å²) >= 11 is 0. The predicted molar refractivity (Wildman–Crippen MR) is 140 cm³/mol. The number of allylic oxidation sites excluding steroid dienone is 5. The third-order valence-corrected chi connectivity index (χ3v) is 6.17. The van der Waals surface area contributed by atoms with Crippen molar-refractivity contribution in [1.29, 1.82) is 10.5 Å². The lowest BCUT2D eigenvalue weighted by atomic mass is 9.74. The summed E-state index contributed by atoms with van der Waals surface area (Å²) in [4.78, 5) is 22.7. The van der Waals surface area contributed by atoms with E-state index in [0.717, 1.165) is 52.1 Å². The number of rotatable bonds is 5. The van der Waals surface area contributed by atoms with E-state index in [4.69, 9.17) is 4.74 Å². The van der Waals surface area contributed by atoms with E-state index in [1.165, 1.54) is 0 Å². The molecule has 188 valence electrons. The van der Waals surface area contributed by atoms with Crippen molar-refractivity contribution in [3.8, 4) is 17.9 Å². The molecule has 0 fully saturated rings. The summed E-state index contributed by atoms with van der Waals surface area (Å²) in [7, 11) is 0. The lowest BCUT2D eigenvalue weighted by molar-refractivity contribution is -0.384. The normalized spacial score (nSPS) is 14.4. The number of halogens is 1. The number of hydrogen-bond acceptors (Lipinski definition) is 6. The summed E-state index contributed by atoms with van der Waals surface area (Å²) in [6.07, 6.45) is 7.33. The number of nitro benzene ring substituents is 1. The SMILES string of the molecule is CC1(C)CC(/C=C/c2ccc3cc(OC(=O)c4cc([N+](=O)[O-])ccc4F)ccc3c2)=CC(=C(C#N)C#N)C1. The van der Waals surface area contributed by atoms with Gasteiger partial charge in [0.05, 0.1) is 4.92 Å². The maximum Gasteiger partial charge on any atom is 0.346 e. The standard InChI is InChI=1S/C30H22FN3O4/c1-30(2)15-20(12-23(16-30)24(17-32)18-33)4-3-19-5-6-22-13-26(9-7-21(22)11-19)38-29(35)27-14-25(34(36)37)8-10-28(27)31/h3-14H,15-16H2,1-2H3/b4-3+. The molecule has 0 radical (unpaired) electrons. The first-order valence-corrected chi connectivity index (χ1v) is 11.7. The number of benzene rings is 3. The van der Waals surface area contributed by atoms with Crippen LogP contribution in [0.25, 0.3) is 16.8 Å². The first-order chi connectivity index (χ1) is 18.1. The van der Waals surface area contributed by atoms with Crippen LogP contribution in [0.3, 0.4) is 0 Å². The third kappa shape index (κ3) is 5.83. The molecule has 8 heteroatoms. The largest absolute Gasteiger partial charge is 0.423 e. The van der Waals surface area contributed by atoms with Crippen LogP contribution in [0.5, 0.6) is 5.75 Å². The van der Waals surface area contributed by atoms with Gasteiger partial charge in [-0.25, -0.2) is 9.18 Å². The molecule has 0 aromatic heterocycles. The summed E-state index contributed by atoms with van der Waals surface area (Å²) in [5.41, 5.74) is 1.83. The zero-order chi connectivity index (χ0) is 27.4. The van der Waals surface area contributed by atoms with Crippen molar-refractivity contribution in [2.24, 2.45) is 5.41 Å². The van der Waals surface area contributed by atoms with Crippen LogP contribution in [-0.2, 0) is 0 Å². The van der Waals surface area contributed by atoms with Gasteiger partial charge in [0, 0.05) is 12.1 Å². The Morgan fingerprint density at radius 3 is 2.45 bits per heavy atom. The third-order valence-electron chi connectivity index (χ3n) is 6.17. The quantitative estimate of drug-likeness (QED) is 0.118. The maximum atomic E-state index is 14.1. The number of esters is 1. The van der Waals surface area contributed by atoms with Crippen molar-refractivity contribution < 1.29 is 18.8 Å². The van der Waals surface area contributed by atoms with Gasteiger partial charge in [-0.15, -0.1) is 0 Å². The molecule has 0 saturated heterocycles. The Kier molecular flexibility index (Phi) is 7.18. The van der Waals surface area contributed by atoms with Gasteiger partial charge in [-0.3, -0.25) is 10.1 Å². The van der Waals surface area contributed by atoms with Crippen LogP contribution in [0.4, 0.5) is 10.1 Å². The average Bonchev–Trinajstić information content (AvgIpc) is 2.87. The summed E-state index contributed by atoms with van der Waals surface area (Å²) in [6.45, 7) is 4.21. The van der Waals surface area contributed by atoms with E-state index in [2.05, 4.69) is 13.8 Å². The molecule has 0 N–H and O–H groups in total. The molecule has 0 unspecified atom stereocenters. The van der Waals surface area contributed by atoms with E-state index in [9.17, 15) is 29.8 Å². The van der Waals surface area contributed by atoms with Crippen LogP contribution < -0.4 is 4.74 Å². The van der Waals surface area contributed by atoms with Crippen molar-refractivity contribution in [1.82, 2.24) is 0 Å². The highest BCUT2D eigenvalue weighted by molar-refractivity contribution is 5.93. The van der Waals surface area contributed by atoms with E-state index >= 15 is 0 Å². The second kappa shape index (κ2) is 10.5. The van der Waals surface area contributed by atoms with Crippen molar-refractivity contribution in [2.45, 2.75) is 26.7 Å². The van der Waals surface area contributed by atoms with Gasteiger partial charge in [0.1, 0.15) is 34.8 Å². The van der Waals surface area contributed by atoms with Gasteiger partial charge in [-0.05, 0) is 70.0 Å². The van der Waals surface area contributed by atoms with Crippen molar-refractivity contribution >= 4 is 28.5 Å². The van der Waals surface area contributed by atoms with Crippen LogP contribution in [0, 0.1) is 44.0 Å². The molecule has 0 atom stereocenters. The zero-order valence-electron chi connectivity index (χ0n) is 20.7. The Labute approximate surface area is 218 Å². The monoisotopic (exact) mass is 507 g/mol. The number of hydrogen-bond donors (Lipinski definition) is 0. The van der Waals surface area contributed by atoms with Crippen molar-refractivity contribution in [3.63, 3.8) is 0 Å². The number of fused-ring (bicyclic) bond motifs is 1. The molecule has 3 aromatic carbocycles. The van der Waals surface area contributed by atoms with Gasteiger partial charge in [-0.2, -0.15) is 10.5 Å².